The van der Waals surface area contributed by atoms with Crippen LogP contribution in [0.3, 0.4) is 0 Å². The molecule has 0 fully saturated rings. The smallest absolute Gasteiger partial charge is 0.220 e. The largest absolute Gasteiger partial charge is 0.399 e. The van der Waals surface area contributed by atoms with Crippen molar-refractivity contribution in [1.82, 2.24) is 5.32 Å². The molecule has 0 aliphatic rings. The Morgan fingerprint density at radius 3 is 2.70 bits per heavy atom. The van der Waals surface area contributed by atoms with Crippen LogP contribution in [0.4, 0.5) is 5.69 Å². The summed E-state index contributed by atoms with van der Waals surface area (Å²) >= 11 is 1.70. The minimum absolute atomic E-state index is 0.0947. The summed E-state index contributed by atoms with van der Waals surface area (Å²) in [6.07, 6.45) is 2.27. The molecule has 2 aromatic rings. The normalized spacial score (nSPS) is 10.4. The van der Waals surface area contributed by atoms with Gasteiger partial charge in [-0.05, 0) is 47.5 Å². The third-order valence-electron chi connectivity index (χ3n) is 3.29. The summed E-state index contributed by atoms with van der Waals surface area (Å²) in [7, 11) is 0. The van der Waals surface area contributed by atoms with Gasteiger partial charge in [0.05, 0.1) is 6.54 Å². The lowest BCUT2D eigenvalue weighted by molar-refractivity contribution is -0.121. The summed E-state index contributed by atoms with van der Waals surface area (Å²) in [5.41, 5.74) is 8.85. The Morgan fingerprint density at radius 2 is 2.00 bits per heavy atom. The molecule has 0 bridgehead atoms. The number of nitrogens with two attached hydrogens (primary N) is 1. The molecule has 0 atom stereocenters. The van der Waals surface area contributed by atoms with E-state index in [-0.39, 0.29) is 5.91 Å². The highest BCUT2D eigenvalue weighted by Crippen LogP contribution is 2.17. The van der Waals surface area contributed by atoms with E-state index >= 15 is 0 Å². The van der Waals surface area contributed by atoms with E-state index in [1.165, 1.54) is 10.4 Å². The first-order chi connectivity index (χ1) is 9.69. The lowest BCUT2D eigenvalue weighted by Gasteiger charge is -2.06. The van der Waals surface area contributed by atoms with E-state index in [9.17, 15) is 4.79 Å². The zero-order valence-corrected chi connectivity index (χ0v) is 12.5. The van der Waals surface area contributed by atoms with Crippen molar-refractivity contribution in [2.24, 2.45) is 0 Å². The minimum Gasteiger partial charge on any atom is -0.399 e. The topological polar surface area (TPSA) is 55.1 Å². The van der Waals surface area contributed by atoms with E-state index < -0.39 is 0 Å². The Kier molecular flexibility index (Phi) is 5.18. The van der Waals surface area contributed by atoms with E-state index in [1.54, 1.807) is 11.3 Å². The van der Waals surface area contributed by atoms with Crippen LogP contribution in [0.15, 0.2) is 35.7 Å². The molecule has 1 amide bonds. The Labute approximate surface area is 123 Å². The lowest BCUT2D eigenvalue weighted by atomic mass is 10.1. The third-order valence-corrected chi connectivity index (χ3v) is 4.25. The van der Waals surface area contributed by atoms with Gasteiger partial charge < -0.3 is 11.1 Å². The molecule has 2 rings (SSSR count). The molecule has 106 valence electrons. The fraction of sp³-hybridized carbons (Fsp3) is 0.312. The van der Waals surface area contributed by atoms with Gasteiger partial charge in [0.15, 0.2) is 0 Å². The Bertz CT molecular complexity index is 560. The molecule has 3 nitrogen and oxygen atoms in total. The van der Waals surface area contributed by atoms with Crippen LogP contribution in [0.25, 0.3) is 0 Å². The quantitative estimate of drug-likeness (QED) is 0.802. The number of carbonyl (C=O) groups is 1. The maximum atomic E-state index is 11.8. The van der Waals surface area contributed by atoms with Crippen LogP contribution in [0.2, 0.25) is 0 Å². The van der Waals surface area contributed by atoms with Crippen molar-refractivity contribution in [2.75, 3.05) is 5.73 Å². The predicted molar refractivity (Wildman–Crippen MR) is 84.7 cm³/mol. The van der Waals surface area contributed by atoms with Crippen LogP contribution in [-0.2, 0) is 24.2 Å². The first-order valence-electron chi connectivity index (χ1n) is 6.85. The van der Waals surface area contributed by atoms with Crippen molar-refractivity contribution in [3.63, 3.8) is 0 Å². The Morgan fingerprint density at radius 1 is 1.25 bits per heavy atom. The van der Waals surface area contributed by atoms with Gasteiger partial charge in [0.2, 0.25) is 5.91 Å². The van der Waals surface area contributed by atoms with Crippen molar-refractivity contribution in [3.8, 4) is 0 Å². The highest BCUT2D eigenvalue weighted by molar-refractivity contribution is 7.10. The molecule has 0 spiro atoms. The van der Waals surface area contributed by atoms with Crippen LogP contribution < -0.4 is 11.1 Å². The van der Waals surface area contributed by atoms with E-state index in [0.29, 0.717) is 13.0 Å². The van der Waals surface area contributed by atoms with Crippen molar-refractivity contribution >= 4 is 22.9 Å². The summed E-state index contributed by atoms with van der Waals surface area (Å²) in [6, 6.07) is 9.80. The number of hydrogen-bond acceptors (Lipinski definition) is 3. The van der Waals surface area contributed by atoms with E-state index in [4.69, 9.17) is 5.73 Å². The predicted octanol–water partition coefficient (Wildman–Crippen LogP) is 3.14. The maximum absolute atomic E-state index is 11.8. The molecule has 0 aliphatic heterocycles. The summed E-state index contributed by atoms with van der Waals surface area (Å²) in [6.45, 7) is 2.77. The Hall–Kier alpha value is -1.81. The van der Waals surface area contributed by atoms with Crippen molar-refractivity contribution in [2.45, 2.75) is 32.7 Å². The molecule has 0 radical (unpaired) electrons. The van der Waals surface area contributed by atoms with Gasteiger partial charge >= 0.3 is 0 Å². The number of anilines is 1. The van der Waals surface area contributed by atoms with Gasteiger partial charge in [-0.1, -0.05) is 19.1 Å². The van der Waals surface area contributed by atoms with Crippen molar-refractivity contribution < 1.29 is 4.79 Å². The molecule has 0 unspecified atom stereocenters. The van der Waals surface area contributed by atoms with Crippen molar-refractivity contribution in [3.05, 3.63) is 51.7 Å². The zero-order valence-electron chi connectivity index (χ0n) is 11.7. The van der Waals surface area contributed by atoms with Crippen molar-refractivity contribution in [1.29, 1.82) is 0 Å². The first-order valence-corrected chi connectivity index (χ1v) is 7.73. The standard InChI is InChI=1S/C16H20N2OS/c1-2-13-9-10-20-15(13)11-18-16(19)8-5-12-3-6-14(17)7-4-12/h3-4,6-7,9-10H,2,5,8,11,17H2,1H3,(H,18,19). The minimum atomic E-state index is 0.0947. The molecule has 1 heterocycles. The fourth-order valence-corrected chi connectivity index (χ4v) is 2.96. The summed E-state index contributed by atoms with van der Waals surface area (Å²) in [5.74, 6) is 0.0947. The summed E-state index contributed by atoms with van der Waals surface area (Å²) in [5, 5.41) is 5.07. The Balaban J connectivity index is 1.77. The number of carbonyl (C=O) groups excluding carboxylic acids is 1. The monoisotopic (exact) mass is 288 g/mol. The number of benzene rings is 1. The van der Waals surface area contributed by atoms with E-state index in [2.05, 4.69) is 23.7 Å². The summed E-state index contributed by atoms with van der Waals surface area (Å²) < 4.78 is 0. The lowest BCUT2D eigenvalue weighted by Crippen LogP contribution is -2.23. The van der Waals surface area contributed by atoms with Gasteiger partial charge in [0.25, 0.3) is 0 Å². The first kappa shape index (κ1) is 14.6. The third kappa shape index (κ3) is 4.10. The molecule has 1 aromatic heterocycles. The molecule has 0 saturated heterocycles. The van der Waals surface area contributed by atoms with E-state index in [0.717, 1.165) is 24.1 Å². The average Bonchev–Trinajstić information content (AvgIpc) is 2.92. The number of rotatable bonds is 6. The molecular formula is C16H20N2OS. The molecule has 3 N–H and O–H groups in total. The van der Waals surface area contributed by atoms with Gasteiger partial charge in [-0.2, -0.15) is 0 Å². The van der Waals surface area contributed by atoms with Gasteiger partial charge in [-0.3, -0.25) is 4.79 Å². The molecular weight excluding hydrogens is 268 g/mol. The van der Waals surface area contributed by atoms with Gasteiger partial charge in [-0.25, -0.2) is 0 Å². The number of hydrogen-bond donors (Lipinski definition) is 2. The second-order valence-corrected chi connectivity index (χ2v) is 5.74. The van der Waals surface area contributed by atoms with E-state index in [1.807, 2.05) is 24.3 Å². The zero-order chi connectivity index (χ0) is 14.4. The molecule has 1 aromatic carbocycles. The second kappa shape index (κ2) is 7.10. The van der Waals surface area contributed by atoms with Crippen LogP contribution >= 0.6 is 11.3 Å². The van der Waals surface area contributed by atoms with Crippen LogP contribution in [0.5, 0.6) is 0 Å². The highest BCUT2D eigenvalue weighted by atomic mass is 32.1. The van der Waals surface area contributed by atoms with Crippen LogP contribution in [0.1, 0.15) is 29.3 Å². The highest BCUT2D eigenvalue weighted by Gasteiger charge is 2.06. The molecule has 4 heteroatoms. The molecule has 0 saturated carbocycles. The average molecular weight is 288 g/mol. The van der Waals surface area contributed by atoms with Crippen LogP contribution in [-0.4, -0.2) is 5.91 Å². The van der Waals surface area contributed by atoms with Gasteiger partial charge in [0, 0.05) is 17.0 Å². The van der Waals surface area contributed by atoms with Gasteiger partial charge in [-0.15, -0.1) is 11.3 Å². The molecule has 0 aliphatic carbocycles. The SMILES string of the molecule is CCc1ccsc1CNC(=O)CCc1ccc(N)cc1. The number of aryl methyl sites for hydroxylation is 2. The van der Waals surface area contributed by atoms with Crippen LogP contribution in [0, 0.1) is 0 Å². The summed E-state index contributed by atoms with van der Waals surface area (Å²) in [4.78, 5) is 13.1. The second-order valence-electron chi connectivity index (χ2n) is 4.74. The number of nitrogens with one attached hydrogen (secondary N) is 1. The van der Waals surface area contributed by atoms with Gasteiger partial charge in [0.1, 0.15) is 0 Å². The number of amides is 1. The number of nitrogen functional groups attached to an aromatic ring is 1. The maximum Gasteiger partial charge on any atom is 0.220 e. The number of thiophene rings is 1. The fourth-order valence-electron chi connectivity index (χ4n) is 2.05. The molecule has 20 heavy (non-hydrogen) atoms.